The highest BCUT2D eigenvalue weighted by Crippen LogP contribution is 2.40. The summed E-state index contributed by atoms with van der Waals surface area (Å²) in [5.74, 6) is 1.31. The summed E-state index contributed by atoms with van der Waals surface area (Å²) in [5.41, 5.74) is 2.12. The molecular formula is C28H31ClN8O4. The summed E-state index contributed by atoms with van der Waals surface area (Å²) in [4.78, 5) is 32.4. The highest BCUT2D eigenvalue weighted by atomic mass is 35.5. The molecule has 12 nitrogen and oxygen atoms in total. The van der Waals surface area contributed by atoms with Gasteiger partial charge in [0.05, 0.1) is 46.8 Å². The molecular weight excluding hydrogens is 548 g/mol. The molecule has 0 spiro atoms. The van der Waals surface area contributed by atoms with Crippen molar-refractivity contribution in [1.82, 2.24) is 34.9 Å². The van der Waals surface area contributed by atoms with Crippen LogP contribution in [-0.2, 0) is 9.53 Å². The summed E-state index contributed by atoms with van der Waals surface area (Å²) in [6, 6.07) is 4.06. The topological polar surface area (TPSA) is 122 Å². The predicted octanol–water partition coefficient (Wildman–Crippen LogP) is 3.20. The molecule has 5 heterocycles. The molecule has 2 saturated heterocycles. The first kappa shape index (κ1) is 27.2. The number of hydrogen-bond acceptors (Lipinski definition) is 10. The molecule has 0 bridgehead atoms. The van der Waals surface area contributed by atoms with Crippen molar-refractivity contribution in [1.29, 1.82) is 0 Å². The molecule has 13 heteroatoms. The maximum absolute atomic E-state index is 12.2. The van der Waals surface area contributed by atoms with Gasteiger partial charge in [0.15, 0.2) is 5.75 Å². The number of piperazine rings is 1. The van der Waals surface area contributed by atoms with Crippen LogP contribution in [-0.4, -0.2) is 106 Å². The Morgan fingerprint density at radius 3 is 2.85 bits per heavy atom. The van der Waals surface area contributed by atoms with Gasteiger partial charge in [-0.3, -0.25) is 14.8 Å². The van der Waals surface area contributed by atoms with E-state index >= 15 is 0 Å². The van der Waals surface area contributed by atoms with Gasteiger partial charge in [-0.25, -0.2) is 4.98 Å². The van der Waals surface area contributed by atoms with Crippen LogP contribution in [0.4, 0.5) is 5.82 Å². The van der Waals surface area contributed by atoms with Crippen molar-refractivity contribution in [2.45, 2.75) is 13.0 Å². The van der Waals surface area contributed by atoms with Crippen LogP contribution in [0.25, 0.3) is 21.8 Å². The number of aromatic nitrogens is 5. The minimum absolute atomic E-state index is 0.0741. The molecule has 1 aromatic carbocycles. The number of carbonyl (C=O) groups is 1. The number of benzene rings is 1. The Hall–Kier alpha value is -4.00. The predicted molar refractivity (Wildman–Crippen MR) is 155 cm³/mol. The zero-order valence-electron chi connectivity index (χ0n) is 23.0. The maximum Gasteiger partial charge on any atom is 0.319 e. The molecule has 4 aromatic rings. The Morgan fingerprint density at radius 2 is 2.07 bits per heavy atom. The lowest BCUT2D eigenvalue weighted by molar-refractivity contribution is -0.126. The van der Waals surface area contributed by atoms with Gasteiger partial charge in [0.1, 0.15) is 17.9 Å². The van der Waals surface area contributed by atoms with Crippen molar-refractivity contribution < 1.29 is 19.0 Å². The molecule has 0 unspecified atom stereocenters. The second kappa shape index (κ2) is 11.5. The van der Waals surface area contributed by atoms with Crippen molar-refractivity contribution in [2.75, 3.05) is 64.5 Å². The van der Waals surface area contributed by atoms with Gasteiger partial charge in [-0.05, 0) is 37.7 Å². The fraction of sp³-hybridized carbons (Fsp3) is 0.393. The lowest BCUT2D eigenvalue weighted by Gasteiger charge is -2.35. The Labute approximate surface area is 241 Å². The minimum Gasteiger partial charge on any atom is -0.462 e. The van der Waals surface area contributed by atoms with E-state index in [0.29, 0.717) is 68.1 Å². The molecule has 1 amide bonds. The molecule has 2 aliphatic heterocycles. The van der Waals surface area contributed by atoms with Gasteiger partial charge in [0.25, 0.3) is 0 Å². The number of nitrogens with one attached hydrogen (secondary N) is 1. The van der Waals surface area contributed by atoms with Crippen molar-refractivity contribution in [3.05, 3.63) is 47.8 Å². The highest BCUT2D eigenvalue weighted by molar-refractivity contribution is 6.34. The van der Waals surface area contributed by atoms with Crippen LogP contribution in [0.15, 0.2) is 37.2 Å². The maximum atomic E-state index is 12.2. The quantitative estimate of drug-likeness (QED) is 0.327. The largest absolute Gasteiger partial charge is 0.462 e. The summed E-state index contributed by atoms with van der Waals surface area (Å²) < 4.78 is 18.2. The number of halogens is 1. The van der Waals surface area contributed by atoms with E-state index < -0.39 is 0 Å². The van der Waals surface area contributed by atoms with Crippen molar-refractivity contribution in [3.63, 3.8) is 0 Å². The molecule has 214 valence electrons. The summed E-state index contributed by atoms with van der Waals surface area (Å²) >= 11 is 6.70. The van der Waals surface area contributed by atoms with E-state index in [1.807, 2.05) is 26.1 Å². The first-order chi connectivity index (χ1) is 19.9. The van der Waals surface area contributed by atoms with Gasteiger partial charge >= 0.3 is 6.01 Å². The molecule has 0 saturated carbocycles. The van der Waals surface area contributed by atoms with E-state index in [-0.39, 0.29) is 23.8 Å². The number of rotatable bonds is 7. The molecule has 2 aliphatic rings. The zero-order valence-corrected chi connectivity index (χ0v) is 23.7. The number of likely N-dealkylation sites (N-methyl/N-ethyl adjacent to an activating group) is 1. The second-order valence-electron chi connectivity index (χ2n) is 10.1. The number of aromatic amines is 1. The van der Waals surface area contributed by atoms with Crippen LogP contribution in [0.1, 0.15) is 5.56 Å². The van der Waals surface area contributed by atoms with E-state index in [4.69, 9.17) is 35.8 Å². The van der Waals surface area contributed by atoms with E-state index in [9.17, 15) is 4.79 Å². The molecule has 3 aromatic heterocycles. The number of morpholine rings is 1. The molecule has 6 rings (SSSR count). The van der Waals surface area contributed by atoms with Gasteiger partial charge in [-0.2, -0.15) is 15.1 Å². The first-order valence-corrected chi connectivity index (χ1v) is 13.8. The summed E-state index contributed by atoms with van der Waals surface area (Å²) in [5, 5.41) is 9.06. The smallest absolute Gasteiger partial charge is 0.319 e. The van der Waals surface area contributed by atoms with Crippen molar-refractivity contribution >= 4 is 45.1 Å². The third-order valence-corrected chi connectivity index (χ3v) is 8.02. The zero-order chi connectivity index (χ0) is 28.5. The number of aryl methyl sites for hydroxylation is 1. The van der Waals surface area contributed by atoms with Crippen LogP contribution in [0.2, 0.25) is 5.02 Å². The van der Waals surface area contributed by atoms with E-state index in [1.54, 1.807) is 17.3 Å². The number of nitrogens with zero attached hydrogens (tertiary/aromatic N) is 7. The number of anilines is 1. The van der Waals surface area contributed by atoms with Gasteiger partial charge in [-0.1, -0.05) is 18.2 Å². The van der Waals surface area contributed by atoms with Crippen LogP contribution >= 0.6 is 11.6 Å². The van der Waals surface area contributed by atoms with E-state index in [2.05, 4.69) is 31.6 Å². The Morgan fingerprint density at radius 1 is 1.24 bits per heavy atom. The number of fused-ring (bicyclic) bond motifs is 2. The molecule has 0 radical (unpaired) electrons. The fourth-order valence-electron chi connectivity index (χ4n) is 5.09. The molecule has 2 fully saturated rings. The van der Waals surface area contributed by atoms with Gasteiger partial charge in [0.2, 0.25) is 11.8 Å². The van der Waals surface area contributed by atoms with Gasteiger partial charge < -0.3 is 24.0 Å². The monoisotopic (exact) mass is 578 g/mol. The van der Waals surface area contributed by atoms with Crippen molar-refractivity contribution in [3.8, 4) is 17.6 Å². The van der Waals surface area contributed by atoms with E-state index in [1.165, 1.54) is 6.08 Å². The van der Waals surface area contributed by atoms with Gasteiger partial charge in [-0.15, -0.1) is 0 Å². The molecule has 1 N–H and O–H groups in total. The SMILES string of the molecule is C=CC(=O)N1CCN(c2nc(OC[C@H]3COCCN3C)nc3c(Oc4c(Cl)c(C)cc5[nH]ncc45)nccc23)CC1. The van der Waals surface area contributed by atoms with Crippen LogP contribution in [0, 0.1) is 6.92 Å². The number of amides is 1. The molecule has 1 atom stereocenters. The third-order valence-electron chi connectivity index (χ3n) is 7.55. The first-order valence-electron chi connectivity index (χ1n) is 13.5. The van der Waals surface area contributed by atoms with Gasteiger partial charge in [0, 0.05) is 38.9 Å². The second-order valence-corrected chi connectivity index (χ2v) is 10.5. The summed E-state index contributed by atoms with van der Waals surface area (Å²) in [6.07, 6.45) is 4.67. The average molecular weight is 579 g/mol. The summed E-state index contributed by atoms with van der Waals surface area (Å²) in [6.45, 7) is 10.2. The van der Waals surface area contributed by atoms with Crippen LogP contribution in [0.3, 0.4) is 0 Å². The lowest BCUT2D eigenvalue weighted by Crippen LogP contribution is -2.48. The molecule has 0 aliphatic carbocycles. The number of hydrogen-bond donors (Lipinski definition) is 1. The minimum atomic E-state index is -0.0829. The third kappa shape index (κ3) is 5.37. The number of ether oxygens (including phenoxy) is 3. The number of carbonyl (C=O) groups excluding carboxylic acids is 1. The normalized spacial score (nSPS) is 18.2. The van der Waals surface area contributed by atoms with Crippen LogP contribution in [0.5, 0.6) is 17.6 Å². The highest BCUT2D eigenvalue weighted by Gasteiger charge is 2.26. The number of H-pyrrole nitrogens is 1. The molecule has 41 heavy (non-hydrogen) atoms. The standard InChI is InChI=1S/C28H31ClN8O4/c1-4-22(38)36-7-9-37(10-8-36)26-19-5-6-30-27(41-25-20-14-31-34-21(20)13-17(2)23(25)29)24(19)32-28(33-26)40-16-18-15-39-12-11-35(18)3/h4-6,13-14,18H,1,7-12,15-16H2,2-3H3,(H,31,34)/t18-/m1/s1. The Balaban J connectivity index is 1.39. The summed E-state index contributed by atoms with van der Waals surface area (Å²) in [7, 11) is 2.05. The number of pyridine rings is 1. The lowest BCUT2D eigenvalue weighted by atomic mass is 10.1. The van der Waals surface area contributed by atoms with Crippen molar-refractivity contribution in [2.24, 2.45) is 0 Å². The average Bonchev–Trinajstić information content (AvgIpc) is 3.46. The Bertz CT molecular complexity index is 1600. The van der Waals surface area contributed by atoms with Crippen LogP contribution < -0.4 is 14.4 Å². The Kier molecular flexibility index (Phi) is 7.61. The van der Waals surface area contributed by atoms with E-state index in [0.717, 1.165) is 28.4 Å². The fourth-order valence-corrected chi connectivity index (χ4v) is 5.28.